The van der Waals surface area contributed by atoms with E-state index >= 15 is 0 Å². The van der Waals surface area contributed by atoms with Crippen molar-refractivity contribution < 1.29 is 4.74 Å². The largest absolute Gasteiger partial charge is 0.496 e. The molecule has 0 unspecified atom stereocenters. The molecule has 142 valence electrons. The molecule has 0 amide bonds. The van der Waals surface area contributed by atoms with Crippen LogP contribution in [0.4, 0.5) is 0 Å². The van der Waals surface area contributed by atoms with Crippen molar-refractivity contribution in [1.82, 2.24) is 24.3 Å². The summed E-state index contributed by atoms with van der Waals surface area (Å²) in [6.07, 6.45) is 1.69. The molecule has 10 heteroatoms. The van der Waals surface area contributed by atoms with E-state index in [1.807, 2.05) is 30.3 Å². The molecule has 3 heterocycles. The number of fused-ring (bicyclic) bond motifs is 1. The van der Waals surface area contributed by atoms with Gasteiger partial charge in [0, 0.05) is 22.5 Å². The summed E-state index contributed by atoms with van der Waals surface area (Å²) in [6.45, 7) is 0. The Kier molecular flexibility index (Phi) is 5.05. The van der Waals surface area contributed by atoms with Crippen molar-refractivity contribution in [3.05, 3.63) is 69.2 Å². The predicted molar refractivity (Wildman–Crippen MR) is 111 cm³/mol. The Morgan fingerprint density at radius 2 is 2.04 bits per heavy atom. The number of methoxy groups -OCH3 is 1. The van der Waals surface area contributed by atoms with E-state index in [9.17, 15) is 4.79 Å². The number of nitrogen functional groups attached to an aromatic ring is 1. The highest BCUT2D eigenvalue weighted by Gasteiger charge is 2.16. The van der Waals surface area contributed by atoms with Gasteiger partial charge in [-0.15, -0.1) is 10.2 Å². The number of ether oxygens (including phenoxy) is 1. The Labute approximate surface area is 172 Å². The third-order valence-electron chi connectivity index (χ3n) is 4.04. The van der Waals surface area contributed by atoms with Crippen LogP contribution in [0.1, 0.15) is 5.69 Å². The maximum atomic E-state index is 12.3. The zero-order chi connectivity index (χ0) is 19.7. The smallest absolute Gasteiger partial charge is 0.258 e. The number of nitrogens with two attached hydrogens (primary N) is 1. The van der Waals surface area contributed by atoms with Crippen LogP contribution < -0.4 is 16.1 Å². The van der Waals surface area contributed by atoms with Gasteiger partial charge in [-0.05, 0) is 40.2 Å². The van der Waals surface area contributed by atoms with Crippen molar-refractivity contribution in [3.8, 4) is 17.1 Å². The molecule has 0 atom stereocenters. The van der Waals surface area contributed by atoms with Gasteiger partial charge in [0.15, 0.2) is 5.82 Å². The number of pyridine rings is 1. The SMILES string of the molecule is COc1ccccc1-c1nnc(SCc2cc(=O)n3cc(Br)ccc3n2)n1N. The van der Waals surface area contributed by atoms with Gasteiger partial charge in [0.05, 0.1) is 18.4 Å². The van der Waals surface area contributed by atoms with Gasteiger partial charge in [0.25, 0.3) is 5.56 Å². The van der Waals surface area contributed by atoms with Crippen molar-refractivity contribution in [3.63, 3.8) is 0 Å². The lowest BCUT2D eigenvalue weighted by molar-refractivity contribution is 0.416. The van der Waals surface area contributed by atoms with Crippen LogP contribution in [0.2, 0.25) is 0 Å². The minimum absolute atomic E-state index is 0.147. The number of rotatable bonds is 5. The first-order chi connectivity index (χ1) is 13.6. The number of hydrogen-bond acceptors (Lipinski definition) is 7. The Hall–Kier alpha value is -2.85. The Bertz CT molecular complexity index is 1220. The molecule has 4 rings (SSSR count). The zero-order valence-electron chi connectivity index (χ0n) is 14.7. The summed E-state index contributed by atoms with van der Waals surface area (Å²) in [5.41, 5.74) is 1.82. The van der Waals surface area contributed by atoms with Gasteiger partial charge in [0.1, 0.15) is 11.4 Å². The number of halogens is 1. The molecule has 3 aromatic heterocycles. The number of benzene rings is 1. The molecule has 1 aromatic carbocycles. The van der Waals surface area contributed by atoms with Crippen LogP contribution >= 0.6 is 27.7 Å². The number of para-hydroxylation sites is 1. The molecule has 0 aliphatic carbocycles. The Morgan fingerprint density at radius 1 is 1.21 bits per heavy atom. The van der Waals surface area contributed by atoms with E-state index in [0.717, 1.165) is 10.0 Å². The average Bonchev–Trinajstić information content (AvgIpc) is 3.07. The number of thioether (sulfide) groups is 1. The van der Waals surface area contributed by atoms with Crippen LogP contribution in [0.25, 0.3) is 17.0 Å². The molecule has 4 aromatic rings. The highest BCUT2D eigenvalue weighted by Crippen LogP contribution is 2.30. The van der Waals surface area contributed by atoms with Crippen LogP contribution in [0.3, 0.4) is 0 Å². The van der Waals surface area contributed by atoms with Gasteiger partial charge in [-0.2, -0.15) is 0 Å². The Morgan fingerprint density at radius 3 is 2.86 bits per heavy atom. The van der Waals surface area contributed by atoms with E-state index < -0.39 is 0 Å². The first kappa shape index (κ1) is 18.5. The molecule has 28 heavy (non-hydrogen) atoms. The predicted octanol–water partition coefficient (Wildman–Crippen LogP) is 2.73. The molecule has 0 aliphatic rings. The van der Waals surface area contributed by atoms with Crippen LogP contribution in [0.15, 0.2) is 63.1 Å². The van der Waals surface area contributed by atoms with Crippen LogP contribution in [0, 0.1) is 0 Å². The van der Waals surface area contributed by atoms with E-state index in [1.165, 1.54) is 26.9 Å². The third kappa shape index (κ3) is 3.48. The topological polar surface area (TPSA) is 100 Å². The summed E-state index contributed by atoms with van der Waals surface area (Å²) in [7, 11) is 1.59. The maximum absolute atomic E-state index is 12.3. The number of aromatic nitrogens is 5. The Balaban J connectivity index is 1.60. The second kappa shape index (κ2) is 7.64. The molecule has 0 bridgehead atoms. The molecule has 2 N–H and O–H groups in total. The fourth-order valence-corrected chi connectivity index (χ4v) is 3.81. The maximum Gasteiger partial charge on any atom is 0.258 e. The molecular weight excluding hydrogens is 444 g/mol. The van der Waals surface area contributed by atoms with Gasteiger partial charge < -0.3 is 10.6 Å². The van der Waals surface area contributed by atoms with Crippen LogP contribution in [-0.2, 0) is 5.75 Å². The monoisotopic (exact) mass is 458 g/mol. The van der Waals surface area contributed by atoms with E-state index in [0.29, 0.717) is 33.8 Å². The van der Waals surface area contributed by atoms with E-state index in [4.69, 9.17) is 10.6 Å². The minimum atomic E-state index is -0.147. The summed E-state index contributed by atoms with van der Waals surface area (Å²) < 4.78 is 9.07. The van der Waals surface area contributed by atoms with Crippen LogP contribution in [-0.4, -0.2) is 31.4 Å². The van der Waals surface area contributed by atoms with Gasteiger partial charge in [-0.3, -0.25) is 9.20 Å². The highest BCUT2D eigenvalue weighted by molar-refractivity contribution is 9.10. The van der Waals surface area contributed by atoms with Gasteiger partial charge in [-0.1, -0.05) is 23.9 Å². The first-order valence-electron chi connectivity index (χ1n) is 8.21. The molecule has 0 saturated carbocycles. The van der Waals surface area contributed by atoms with E-state index in [1.54, 1.807) is 19.4 Å². The van der Waals surface area contributed by atoms with Crippen molar-refractivity contribution in [2.24, 2.45) is 0 Å². The second-order valence-electron chi connectivity index (χ2n) is 5.83. The zero-order valence-corrected chi connectivity index (χ0v) is 17.1. The summed E-state index contributed by atoms with van der Waals surface area (Å²) in [5.74, 6) is 7.77. The lowest BCUT2D eigenvalue weighted by atomic mass is 10.2. The molecule has 0 radical (unpaired) electrons. The van der Waals surface area contributed by atoms with Crippen molar-refractivity contribution in [2.45, 2.75) is 10.9 Å². The fourth-order valence-electron chi connectivity index (χ4n) is 2.73. The molecule has 0 aliphatic heterocycles. The standard InChI is InChI=1S/C18H15BrN6O2S/c1-27-14-5-3-2-4-13(14)17-22-23-18(25(17)20)28-10-12-8-16(26)24-9-11(19)6-7-15(24)21-12/h2-9H,10,20H2,1H3. The molecule has 0 fully saturated rings. The van der Waals surface area contributed by atoms with Gasteiger partial charge in [-0.25, -0.2) is 9.66 Å². The lowest BCUT2D eigenvalue weighted by Gasteiger charge is -2.08. The fraction of sp³-hybridized carbons (Fsp3) is 0.111. The summed E-state index contributed by atoms with van der Waals surface area (Å²) in [4.78, 5) is 16.8. The molecule has 0 spiro atoms. The molecular formula is C18H15BrN6O2S. The average molecular weight is 459 g/mol. The minimum Gasteiger partial charge on any atom is -0.496 e. The summed E-state index contributed by atoms with van der Waals surface area (Å²) in [6, 6.07) is 12.6. The quantitative estimate of drug-likeness (QED) is 0.362. The van der Waals surface area contributed by atoms with Gasteiger partial charge in [0.2, 0.25) is 5.16 Å². The first-order valence-corrected chi connectivity index (χ1v) is 9.99. The summed E-state index contributed by atoms with van der Waals surface area (Å²) >= 11 is 4.71. The van der Waals surface area contributed by atoms with Crippen molar-refractivity contribution in [1.29, 1.82) is 0 Å². The number of hydrogen-bond donors (Lipinski definition) is 1. The van der Waals surface area contributed by atoms with Crippen LogP contribution in [0.5, 0.6) is 5.75 Å². The lowest BCUT2D eigenvalue weighted by Crippen LogP contribution is -2.15. The number of nitrogens with zero attached hydrogens (tertiary/aromatic N) is 5. The van der Waals surface area contributed by atoms with E-state index in [2.05, 4.69) is 31.1 Å². The highest BCUT2D eigenvalue weighted by atomic mass is 79.9. The molecule has 0 saturated heterocycles. The van der Waals surface area contributed by atoms with Crippen molar-refractivity contribution in [2.75, 3.05) is 13.0 Å². The normalized spacial score (nSPS) is 11.1. The summed E-state index contributed by atoms with van der Waals surface area (Å²) in [5, 5.41) is 8.85. The molecule has 8 nitrogen and oxygen atoms in total. The second-order valence-corrected chi connectivity index (χ2v) is 7.68. The van der Waals surface area contributed by atoms with E-state index in [-0.39, 0.29) is 5.56 Å². The third-order valence-corrected chi connectivity index (χ3v) is 5.48. The van der Waals surface area contributed by atoms with Gasteiger partial charge >= 0.3 is 0 Å². The van der Waals surface area contributed by atoms with Crippen molar-refractivity contribution >= 4 is 33.3 Å².